The van der Waals surface area contributed by atoms with Crippen molar-refractivity contribution in [2.75, 3.05) is 39.3 Å². The van der Waals surface area contributed by atoms with Gasteiger partial charge in [-0.3, -0.25) is 0 Å². The van der Waals surface area contributed by atoms with Crippen LogP contribution in [0.4, 0.5) is 4.79 Å². The Balaban J connectivity index is 1.63. The molecule has 0 aliphatic heterocycles. The van der Waals surface area contributed by atoms with Crippen molar-refractivity contribution in [3.05, 3.63) is 54.6 Å². The molecule has 0 fully saturated rings. The van der Waals surface area contributed by atoms with Gasteiger partial charge in [0.2, 0.25) is 0 Å². The molecular formula is C25H34N4O2. The summed E-state index contributed by atoms with van der Waals surface area (Å²) in [6, 6.07) is 18.3. The Hall–Kier alpha value is -2.67. The second kappa shape index (κ2) is 12.2. The average Bonchev–Trinajstić information content (AvgIpc) is 2.80. The normalized spacial score (nSPS) is 11.2. The minimum Gasteiger partial charge on any atom is -0.410 e. The van der Waals surface area contributed by atoms with Gasteiger partial charge in [-0.25, -0.2) is 4.79 Å². The SMILES string of the molecule is NCCCNCCCCN(CCCN)C(=O)Oc1ccc2ccc3ccccc3c2c1. The third-order valence-electron chi connectivity index (χ3n) is 5.40. The van der Waals surface area contributed by atoms with E-state index >= 15 is 0 Å². The highest BCUT2D eigenvalue weighted by Gasteiger charge is 2.15. The number of carbonyl (C=O) groups excluding carboxylic acids is 1. The highest BCUT2D eigenvalue weighted by Crippen LogP contribution is 2.28. The number of nitrogens with two attached hydrogens (primary N) is 2. The van der Waals surface area contributed by atoms with Gasteiger partial charge < -0.3 is 26.4 Å². The van der Waals surface area contributed by atoms with Crippen molar-refractivity contribution < 1.29 is 9.53 Å². The molecule has 3 rings (SSSR count). The fourth-order valence-corrected chi connectivity index (χ4v) is 3.69. The van der Waals surface area contributed by atoms with E-state index in [2.05, 4.69) is 29.6 Å². The lowest BCUT2D eigenvalue weighted by Crippen LogP contribution is -2.36. The van der Waals surface area contributed by atoms with E-state index in [0.29, 0.717) is 31.9 Å². The van der Waals surface area contributed by atoms with Gasteiger partial charge in [0.15, 0.2) is 0 Å². The highest BCUT2D eigenvalue weighted by atomic mass is 16.6. The van der Waals surface area contributed by atoms with Crippen LogP contribution in [0.1, 0.15) is 25.7 Å². The van der Waals surface area contributed by atoms with Gasteiger partial charge in [-0.05, 0) is 85.5 Å². The maximum Gasteiger partial charge on any atom is 0.415 e. The summed E-state index contributed by atoms with van der Waals surface area (Å²) in [5.41, 5.74) is 11.2. The molecule has 0 aromatic heterocycles. The first-order valence-electron chi connectivity index (χ1n) is 11.2. The quantitative estimate of drug-likeness (QED) is 0.304. The molecule has 6 heteroatoms. The van der Waals surface area contributed by atoms with Crippen LogP contribution >= 0.6 is 0 Å². The average molecular weight is 423 g/mol. The van der Waals surface area contributed by atoms with E-state index in [-0.39, 0.29) is 6.09 Å². The number of carbonyl (C=O) groups is 1. The van der Waals surface area contributed by atoms with Crippen LogP contribution in [0, 0.1) is 0 Å². The van der Waals surface area contributed by atoms with Crippen molar-refractivity contribution in [2.24, 2.45) is 11.5 Å². The van der Waals surface area contributed by atoms with Crippen molar-refractivity contribution >= 4 is 27.6 Å². The fraction of sp³-hybridized carbons (Fsp3) is 0.400. The third-order valence-corrected chi connectivity index (χ3v) is 5.40. The molecule has 31 heavy (non-hydrogen) atoms. The second-order valence-corrected chi connectivity index (χ2v) is 7.77. The Morgan fingerprint density at radius 1 is 0.806 bits per heavy atom. The van der Waals surface area contributed by atoms with Gasteiger partial charge in [-0.15, -0.1) is 0 Å². The maximum absolute atomic E-state index is 12.9. The van der Waals surface area contributed by atoms with Crippen molar-refractivity contribution in [3.8, 4) is 5.75 Å². The van der Waals surface area contributed by atoms with E-state index in [9.17, 15) is 4.79 Å². The molecule has 0 unspecified atom stereocenters. The van der Waals surface area contributed by atoms with Crippen LogP contribution in [-0.4, -0.2) is 50.3 Å². The Kier molecular flexibility index (Phi) is 9.09. The molecule has 5 N–H and O–H groups in total. The zero-order valence-electron chi connectivity index (χ0n) is 18.2. The number of fused-ring (bicyclic) bond motifs is 3. The van der Waals surface area contributed by atoms with Crippen molar-refractivity contribution in [1.29, 1.82) is 0 Å². The Morgan fingerprint density at radius 2 is 1.48 bits per heavy atom. The zero-order valence-corrected chi connectivity index (χ0v) is 18.2. The van der Waals surface area contributed by atoms with E-state index < -0.39 is 0 Å². The standard InChI is InChI=1S/C25H34N4O2/c26-13-5-16-28-15-3-4-17-29(18-6-14-27)25(30)31-22-12-11-21-10-9-20-7-1-2-8-23(20)24(21)19-22/h1-2,7-12,19,28H,3-6,13-18,26-27H2. The number of unbranched alkanes of at least 4 members (excludes halogenated alkanes) is 1. The predicted molar refractivity (Wildman–Crippen MR) is 128 cm³/mol. The minimum absolute atomic E-state index is 0.316. The molecule has 0 saturated carbocycles. The van der Waals surface area contributed by atoms with Gasteiger partial charge in [-0.1, -0.05) is 42.5 Å². The summed E-state index contributed by atoms with van der Waals surface area (Å²) < 4.78 is 5.76. The first-order chi connectivity index (χ1) is 15.2. The van der Waals surface area contributed by atoms with E-state index in [4.69, 9.17) is 16.2 Å². The summed E-state index contributed by atoms with van der Waals surface area (Å²) in [5.74, 6) is 0.565. The number of ether oxygens (including phenoxy) is 1. The van der Waals surface area contributed by atoms with Crippen LogP contribution in [0.5, 0.6) is 5.75 Å². The first-order valence-corrected chi connectivity index (χ1v) is 11.2. The van der Waals surface area contributed by atoms with Crippen LogP contribution in [0.15, 0.2) is 54.6 Å². The molecular weight excluding hydrogens is 388 g/mol. The summed E-state index contributed by atoms with van der Waals surface area (Å²) >= 11 is 0. The van der Waals surface area contributed by atoms with Crippen molar-refractivity contribution in [1.82, 2.24) is 10.2 Å². The summed E-state index contributed by atoms with van der Waals surface area (Å²) in [4.78, 5) is 14.6. The lowest BCUT2D eigenvalue weighted by atomic mass is 10.0. The fourth-order valence-electron chi connectivity index (χ4n) is 3.69. The predicted octanol–water partition coefficient (Wildman–Crippen LogP) is 3.86. The topological polar surface area (TPSA) is 93.6 Å². The van der Waals surface area contributed by atoms with Gasteiger partial charge in [0.25, 0.3) is 0 Å². The van der Waals surface area contributed by atoms with Crippen LogP contribution < -0.4 is 21.5 Å². The summed E-state index contributed by atoms with van der Waals surface area (Å²) in [5, 5.41) is 7.90. The number of nitrogens with one attached hydrogen (secondary N) is 1. The molecule has 3 aromatic rings. The second-order valence-electron chi connectivity index (χ2n) is 7.77. The number of hydrogen-bond acceptors (Lipinski definition) is 5. The van der Waals surface area contributed by atoms with Crippen LogP contribution in [0.25, 0.3) is 21.5 Å². The molecule has 0 saturated heterocycles. The first kappa shape index (κ1) is 23.0. The molecule has 1 amide bonds. The highest BCUT2D eigenvalue weighted by molar-refractivity contribution is 6.07. The van der Waals surface area contributed by atoms with Crippen molar-refractivity contribution in [2.45, 2.75) is 25.7 Å². The molecule has 0 aliphatic carbocycles. The molecule has 0 bridgehead atoms. The molecule has 0 heterocycles. The Bertz CT molecular complexity index is 976. The molecule has 0 atom stereocenters. The maximum atomic E-state index is 12.9. The number of nitrogens with zero attached hydrogens (tertiary/aromatic N) is 1. The zero-order chi connectivity index (χ0) is 21.9. The van der Waals surface area contributed by atoms with E-state index in [1.807, 2.05) is 30.3 Å². The van der Waals surface area contributed by atoms with Crippen molar-refractivity contribution in [3.63, 3.8) is 0 Å². The summed E-state index contributed by atoms with van der Waals surface area (Å²) in [6.45, 7) is 4.38. The largest absolute Gasteiger partial charge is 0.415 e. The van der Waals surface area contributed by atoms with Crippen LogP contribution in [0.3, 0.4) is 0 Å². The molecule has 6 nitrogen and oxygen atoms in total. The van der Waals surface area contributed by atoms with Crippen LogP contribution in [-0.2, 0) is 0 Å². The van der Waals surface area contributed by atoms with E-state index in [1.165, 1.54) is 5.39 Å². The molecule has 0 spiro atoms. The minimum atomic E-state index is -0.316. The smallest absolute Gasteiger partial charge is 0.410 e. The Morgan fingerprint density at radius 3 is 2.29 bits per heavy atom. The van der Waals surface area contributed by atoms with Crippen LogP contribution in [0.2, 0.25) is 0 Å². The van der Waals surface area contributed by atoms with Gasteiger partial charge in [-0.2, -0.15) is 0 Å². The van der Waals surface area contributed by atoms with E-state index in [1.54, 1.807) is 4.90 Å². The van der Waals surface area contributed by atoms with Gasteiger partial charge in [0.05, 0.1) is 0 Å². The molecule has 0 radical (unpaired) electrons. The monoisotopic (exact) mass is 422 g/mol. The summed E-state index contributed by atoms with van der Waals surface area (Å²) in [7, 11) is 0. The molecule has 3 aromatic carbocycles. The number of rotatable bonds is 12. The number of amides is 1. The lowest BCUT2D eigenvalue weighted by molar-refractivity contribution is 0.151. The molecule has 166 valence electrons. The number of benzene rings is 3. The lowest BCUT2D eigenvalue weighted by Gasteiger charge is -2.22. The van der Waals surface area contributed by atoms with Gasteiger partial charge in [0, 0.05) is 13.1 Å². The van der Waals surface area contributed by atoms with E-state index in [0.717, 1.165) is 54.9 Å². The summed E-state index contributed by atoms with van der Waals surface area (Å²) in [6.07, 6.45) is 3.34. The Labute approximate surface area is 184 Å². The third kappa shape index (κ3) is 6.66. The molecule has 0 aliphatic rings. The number of hydrogen-bond donors (Lipinski definition) is 3. The van der Waals surface area contributed by atoms with Gasteiger partial charge >= 0.3 is 6.09 Å². The van der Waals surface area contributed by atoms with Gasteiger partial charge in [0.1, 0.15) is 5.75 Å².